The Balaban J connectivity index is 1.45. The van der Waals surface area contributed by atoms with Crippen molar-refractivity contribution < 1.29 is 44.2 Å². The lowest BCUT2D eigenvalue weighted by Gasteiger charge is -2.12. The number of azo groups is 2. The minimum Gasteiger partial charge on any atom is -0.505 e. The molecule has 0 radical (unpaired) electrons. The minimum atomic E-state index is -0.247. The SMILES string of the molecule is Cc1cc(/N=N/c2c(SOOO)cc3cc(Nc4ccccc4)ccc3c2O)c(OCCO)cc1/N=N/c1ccc(SOOO)cc1. The molecular weight excluding hydrogens is 651 g/mol. The van der Waals surface area contributed by atoms with Gasteiger partial charge in [0.05, 0.1) is 47.0 Å². The Morgan fingerprint density at radius 3 is 2.23 bits per heavy atom. The third-order valence-corrected chi connectivity index (χ3v) is 7.64. The molecule has 0 spiro atoms. The van der Waals surface area contributed by atoms with E-state index in [4.69, 9.17) is 15.3 Å². The average molecular weight is 678 g/mol. The van der Waals surface area contributed by atoms with Gasteiger partial charge in [-0.15, -0.1) is 18.9 Å². The van der Waals surface area contributed by atoms with Crippen LogP contribution < -0.4 is 10.1 Å². The summed E-state index contributed by atoms with van der Waals surface area (Å²) in [4.78, 5) is 0.965. The van der Waals surface area contributed by atoms with E-state index in [2.05, 4.69) is 44.5 Å². The first-order valence-electron chi connectivity index (χ1n) is 13.7. The number of benzene rings is 5. The molecule has 0 aliphatic heterocycles. The highest BCUT2D eigenvalue weighted by Gasteiger charge is 2.17. The van der Waals surface area contributed by atoms with Crippen LogP contribution in [-0.4, -0.2) is 33.9 Å². The van der Waals surface area contributed by atoms with Gasteiger partial charge in [-0.05, 0) is 84.6 Å². The highest BCUT2D eigenvalue weighted by molar-refractivity contribution is 7.94. The number of hydrogen-bond donors (Lipinski definition) is 5. The van der Waals surface area contributed by atoms with Gasteiger partial charge in [-0.1, -0.05) is 28.3 Å². The summed E-state index contributed by atoms with van der Waals surface area (Å²) in [6, 6.07) is 26.8. The highest BCUT2D eigenvalue weighted by Crippen LogP contribution is 2.45. The molecule has 5 rings (SSSR count). The number of ether oxygens (including phenoxy) is 1. The number of aliphatic hydroxyl groups is 1. The predicted octanol–water partition coefficient (Wildman–Crippen LogP) is 9.66. The van der Waals surface area contributed by atoms with E-state index in [1.807, 2.05) is 42.5 Å². The second-order valence-corrected chi connectivity index (χ2v) is 11.0. The quantitative estimate of drug-likeness (QED) is 0.0306. The van der Waals surface area contributed by atoms with Gasteiger partial charge in [-0.2, -0.15) is 10.2 Å². The van der Waals surface area contributed by atoms with Crippen LogP contribution in [0.4, 0.5) is 34.1 Å². The van der Waals surface area contributed by atoms with Crippen LogP contribution in [0.1, 0.15) is 5.56 Å². The molecule has 0 unspecified atom stereocenters. The molecule has 0 fully saturated rings. The van der Waals surface area contributed by atoms with E-state index in [0.717, 1.165) is 23.4 Å². The van der Waals surface area contributed by atoms with Crippen LogP contribution in [-0.2, 0) is 18.7 Å². The Labute approximate surface area is 276 Å². The van der Waals surface area contributed by atoms with Crippen LogP contribution >= 0.6 is 24.1 Å². The molecule has 0 saturated carbocycles. The summed E-state index contributed by atoms with van der Waals surface area (Å²) in [6.45, 7) is 1.53. The Bertz CT molecular complexity index is 1860. The fourth-order valence-electron chi connectivity index (χ4n) is 4.29. The second-order valence-electron chi connectivity index (χ2n) is 9.52. The van der Waals surface area contributed by atoms with E-state index < -0.39 is 0 Å². The first kappa shape index (κ1) is 33.7. The number of nitrogens with zero attached hydrogens (tertiary/aromatic N) is 4. The van der Waals surface area contributed by atoms with Crippen LogP contribution in [0, 0.1) is 6.92 Å². The average Bonchev–Trinajstić information content (AvgIpc) is 3.09. The number of phenolic OH excluding ortho intramolecular Hbond substituents is 1. The van der Waals surface area contributed by atoms with Gasteiger partial charge in [0, 0.05) is 27.7 Å². The molecule has 47 heavy (non-hydrogen) atoms. The van der Waals surface area contributed by atoms with Crippen LogP contribution in [0.15, 0.2) is 121 Å². The maximum Gasteiger partial charge on any atom is 0.152 e. The number of aromatic hydroxyl groups is 1. The number of aliphatic hydroxyl groups excluding tert-OH is 1. The normalized spacial score (nSPS) is 11.6. The first-order chi connectivity index (χ1) is 23.0. The summed E-state index contributed by atoms with van der Waals surface area (Å²) in [6.07, 6.45) is 0. The summed E-state index contributed by atoms with van der Waals surface area (Å²) in [5, 5.41) is 66.9. The van der Waals surface area contributed by atoms with Crippen LogP contribution in [0.3, 0.4) is 0 Å². The maximum absolute atomic E-state index is 11.3. The Hall–Kier alpha value is -4.62. The topological polar surface area (TPSA) is 189 Å². The molecule has 16 heteroatoms. The van der Waals surface area contributed by atoms with E-state index in [9.17, 15) is 10.2 Å². The third kappa shape index (κ3) is 9.01. The fourth-order valence-corrected chi connectivity index (χ4v) is 5.14. The molecule has 0 aromatic heterocycles. The molecule has 0 aliphatic carbocycles. The smallest absolute Gasteiger partial charge is 0.152 e. The highest BCUT2D eigenvalue weighted by atomic mass is 32.2. The molecular formula is C31H27N5O9S2. The molecule has 0 aliphatic rings. The molecule has 5 N–H and O–H groups in total. The van der Waals surface area contributed by atoms with Gasteiger partial charge in [0.2, 0.25) is 0 Å². The van der Waals surface area contributed by atoms with Gasteiger partial charge in [0.25, 0.3) is 0 Å². The van der Waals surface area contributed by atoms with Crippen molar-refractivity contribution in [3.8, 4) is 11.5 Å². The number of phenols is 1. The zero-order chi connectivity index (χ0) is 33.0. The summed E-state index contributed by atoms with van der Waals surface area (Å²) < 4.78 is 14.8. The molecule has 0 bridgehead atoms. The fraction of sp³-hybridized carbons (Fsp3) is 0.0968. The number of rotatable bonds is 15. The van der Waals surface area contributed by atoms with Crippen molar-refractivity contribution in [3.05, 3.63) is 96.6 Å². The van der Waals surface area contributed by atoms with Gasteiger partial charge in [-0.25, -0.2) is 10.5 Å². The molecule has 5 aromatic rings. The van der Waals surface area contributed by atoms with Gasteiger partial charge in [0.1, 0.15) is 23.7 Å². The van der Waals surface area contributed by atoms with Crippen molar-refractivity contribution >= 4 is 69.0 Å². The van der Waals surface area contributed by atoms with Crippen LogP contribution in [0.2, 0.25) is 0 Å². The van der Waals surface area contributed by atoms with E-state index in [0.29, 0.717) is 55.2 Å². The van der Waals surface area contributed by atoms with Crippen molar-refractivity contribution in [2.24, 2.45) is 20.5 Å². The number of aryl methyl sites for hydroxylation is 1. The minimum absolute atomic E-state index is 0.0235. The molecule has 5 aromatic carbocycles. The number of anilines is 2. The maximum atomic E-state index is 11.3. The van der Waals surface area contributed by atoms with E-state index in [1.54, 1.807) is 55.5 Å². The van der Waals surface area contributed by atoms with Gasteiger partial charge < -0.3 is 20.3 Å². The molecule has 0 atom stereocenters. The van der Waals surface area contributed by atoms with Crippen molar-refractivity contribution in [2.75, 3.05) is 18.5 Å². The summed E-state index contributed by atoms with van der Waals surface area (Å²) in [7, 11) is 0. The monoisotopic (exact) mass is 677 g/mol. The predicted molar refractivity (Wildman–Crippen MR) is 175 cm³/mol. The lowest BCUT2D eigenvalue weighted by Crippen LogP contribution is -2.01. The summed E-state index contributed by atoms with van der Waals surface area (Å²) >= 11 is 1.45. The van der Waals surface area contributed by atoms with Gasteiger partial charge in [0.15, 0.2) is 5.75 Å². The van der Waals surface area contributed by atoms with Crippen LogP contribution in [0.5, 0.6) is 11.5 Å². The second kappa shape index (κ2) is 16.8. The van der Waals surface area contributed by atoms with E-state index in [-0.39, 0.29) is 30.4 Å². The van der Waals surface area contributed by atoms with E-state index >= 15 is 0 Å². The number of para-hydroxylation sites is 1. The molecule has 0 amide bonds. The van der Waals surface area contributed by atoms with Gasteiger partial charge >= 0.3 is 0 Å². The Morgan fingerprint density at radius 1 is 0.745 bits per heavy atom. The first-order valence-corrected chi connectivity index (χ1v) is 15.2. The largest absolute Gasteiger partial charge is 0.505 e. The standard InChI is InChI=1S/C31H27N5O9S2/c1-19-15-27(28(41-14-13-37)18-26(19)34-33-22-7-10-24(11-8-22)46-44-42-39)35-36-30-29(47-45-43-40)17-20-16-23(9-12-25(20)31(30)38)32-21-5-3-2-4-6-21/h2-12,15-18,32,37-40H,13-14H2,1H3/b34-33+,36-35+. The molecule has 242 valence electrons. The van der Waals surface area contributed by atoms with Crippen molar-refractivity contribution in [1.29, 1.82) is 0 Å². The Kier molecular flexibility index (Phi) is 12.1. The molecule has 0 saturated heterocycles. The molecule has 0 heterocycles. The van der Waals surface area contributed by atoms with E-state index in [1.165, 1.54) is 0 Å². The summed E-state index contributed by atoms with van der Waals surface area (Å²) in [5.41, 5.74) is 3.73. The van der Waals surface area contributed by atoms with Crippen molar-refractivity contribution in [1.82, 2.24) is 0 Å². The summed E-state index contributed by atoms with van der Waals surface area (Å²) in [5.74, 6) is 0.0812. The number of hydrogen-bond acceptors (Lipinski definition) is 16. The number of fused-ring (bicyclic) bond motifs is 1. The van der Waals surface area contributed by atoms with Crippen LogP contribution in [0.25, 0.3) is 10.8 Å². The Morgan fingerprint density at radius 2 is 1.49 bits per heavy atom. The number of nitrogens with one attached hydrogen (secondary N) is 1. The molecule has 14 nitrogen and oxygen atoms in total. The van der Waals surface area contributed by atoms with Crippen molar-refractivity contribution in [3.63, 3.8) is 0 Å². The zero-order valence-corrected chi connectivity index (χ0v) is 26.1. The zero-order valence-electron chi connectivity index (χ0n) is 24.5. The van der Waals surface area contributed by atoms with Crippen molar-refractivity contribution in [2.45, 2.75) is 16.7 Å². The lowest BCUT2D eigenvalue weighted by molar-refractivity contribution is -0.432. The lowest BCUT2D eigenvalue weighted by atomic mass is 10.1. The third-order valence-electron chi connectivity index (χ3n) is 6.42. The van der Waals surface area contributed by atoms with Gasteiger partial charge in [-0.3, -0.25) is 0 Å².